The molecule has 7 heteroatoms. The highest BCUT2D eigenvalue weighted by Crippen LogP contribution is 2.34. The van der Waals surface area contributed by atoms with E-state index in [1.807, 2.05) is 6.07 Å². The lowest BCUT2D eigenvalue weighted by molar-refractivity contribution is 0.432. The number of thiophene rings is 1. The van der Waals surface area contributed by atoms with E-state index in [9.17, 15) is 4.39 Å². The zero-order valence-corrected chi connectivity index (χ0v) is 13.5. The van der Waals surface area contributed by atoms with Crippen LogP contribution in [-0.4, -0.2) is 10.1 Å². The molecule has 3 aromatic rings. The third-order valence-electron chi connectivity index (χ3n) is 2.94. The Balaban J connectivity index is 2.01. The predicted octanol–water partition coefficient (Wildman–Crippen LogP) is 4.51. The zero-order chi connectivity index (χ0) is 15.0. The molecule has 2 heterocycles. The molecule has 0 saturated heterocycles. The third-order valence-corrected chi connectivity index (χ3v) is 4.50. The maximum atomic E-state index is 13.4. The van der Waals surface area contributed by atoms with E-state index in [1.165, 1.54) is 23.5 Å². The summed E-state index contributed by atoms with van der Waals surface area (Å²) >= 11 is 4.74. The minimum absolute atomic E-state index is 0.328. The van der Waals surface area contributed by atoms with E-state index >= 15 is 0 Å². The van der Waals surface area contributed by atoms with E-state index in [0.717, 1.165) is 16.9 Å². The van der Waals surface area contributed by atoms with Crippen molar-refractivity contribution < 1.29 is 8.91 Å². The summed E-state index contributed by atoms with van der Waals surface area (Å²) in [5.74, 6) is 0.307. The van der Waals surface area contributed by atoms with Gasteiger partial charge in [0.15, 0.2) is 0 Å². The summed E-state index contributed by atoms with van der Waals surface area (Å²) in [4.78, 5) is 5.45. The highest BCUT2D eigenvalue weighted by Gasteiger charge is 2.16. The fraction of sp³-hybridized carbons (Fsp3) is 0.143. The van der Waals surface area contributed by atoms with E-state index in [0.29, 0.717) is 26.8 Å². The summed E-state index contributed by atoms with van der Waals surface area (Å²) in [7, 11) is 0. The molecular weight excluding hydrogens is 357 g/mol. The van der Waals surface area contributed by atoms with Crippen LogP contribution in [0, 0.1) is 5.82 Å². The van der Waals surface area contributed by atoms with Gasteiger partial charge in [0, 0.05) is 14.9 Å². The molecule has 0 fully saturated rings. The van der Waals surface area contributed by atoms with Crippen LogP contribution < -0.4 is 5.73 Å². The second kappa shape index (κ2) is 5.57. The van der Waals surface area contributed by atoms with Crippen LogP contribution in [0.1, 0.15) is 11.8 Å². The minimum Gasteiger partial charge on any atom is -0.390 e. The highest BCUT2D eigenvalue weighted by molar-refractivity contribution is 9.10. The summed E-state index contributed by atoms with van der Waals surface area (Å²) < 4.78 is 19.3. The Labute approximate surface area is 132 Å². The van der Waals surface area contributed by atoms with Crippen LogP contribution in [0.5, 0.6) is 0 Å². The number of anilines is 1. The standard InChI is InChI=1S/C14H11BrFN3OS/c1-2-10-6-11(12(17)21-10)14-18-13(19-20-14)7-3-8(15)5-9(16)4-7/h3-6H,2,17H2,1H3. The van der Waals surface area contributed by atoms with Gasteiger partial charge in [-0.25, -0.2) is 4.39 Å². The first-order chi connectivity index (χ1) is 10.1. The summed E-state index contributed by atoms with van der Waals surface area (Å²) in [6.45, 7) is 2.05. The molecule has 3 rings (SSSR count). The van der Waals surface area contributed by atoms with Crippen LogP contribution in [0.3, 0.4) is 0 Å². The number of hydrogen-bond acceptors (Lipinski definition) is 5. The number of halogens is 2. The number of aromatic nitrogens is 2. The molecule has 108 valence electrons. The number of benzene rings is 1. The van der Waals surface area contributed by atoms with Gasteiger partial charge in [0.2, 0.25) is 5.82 Å². The van der Waals surface area contributed by atoms with Crippen molar-refractivity contribution in [2.45, 2.75) is 13.3 Å². The van der Waals surface area contributed by atoms with Crippen molar-refractivity contribution in [1.29, 1.82) is 0 Å². The molecule has 2 N–H and O–H groups in total. The number of nitrogens with two attached hydrogens (primary N) is 1. The van der Waals surface area contributed by atoms with E-state index in [-0.39, 0.29) is 5.82 Å². The van der Waals surface area contributed by atoms with Gasteiger partial charge in [-0.15, -0.1) is 11.3 Å². The van der Waals surface area contributed by atoms with Crippen molar-refractivity contribution in [1.82, 2.24) is 10.1 Å². The van der Waals surface area contributed by atoms with Gasteiger partial charge in [-0.3, -0.25) is 0 Å². The molecule has 2 aromatic heterocycles. The first kappa shape index (κ1) is 14.2. The Morgan fingerprint density at radius 1 is 1.33 bits per heavy atom. The number of nitrogens with zero attached hydrogens (tertiary/aromatic N) is 2. The van der Waals surface area contributed by atoms with Crippen LogP contribution in [0.2, 0.25) is 0 Å². The molecule has 0 bridgehead atoms. The number of hydrogen-bond donors (Lipinski definition) is 1. The molecule has 0 radical (unpaired) electrons. The van der Waals surface area contributed by atoms with Crippen LogP contribution in [0.4, 0.5) is 9.39 Å². The van der Waals surface area contributed by atoms with E-state index in [2.05, 4.69) is 33.0 Å². The molecule has 0 aliphatic carbocycles. The number of aryl methyl sites for hydroxylation is 1. The fourth-order valence-corrected chi connectivity index (χ4v) is 3.26. The first-order valence-electron chi connectivity index (χ1n) is 6.25. The average Bonchev–Trinajstić information content (AvgIpc) is 3.03. The van der Waals surface area contributed by atoms with Crippen LogP contribution >= 0.6 is 27.3 Å². The van der Waals surface area contributed by atoms with Crippen LogP contribution in [0.25, 0.3) is 22.8 Å². The fourth-order valence-electron chi connectivity index (χ4n) is 1.93. The Bertz CT molecular complexity index is 779. The molecule has 0 aliphatic rings. The largest absolute Gasteiger partial charge is 0.390 e. The Hall–Kier alpha value is -1.73. The lowest BCUT2D eigenvalue weighted by atomic mass is 10.2. The van der Waals surface area contributed by atoms with Gasteiger partial charge in [-0.2, -0.15) is 4.98 Å². The van der Waals surface area contributed by atoms with Crippen LogP contribution in [-0.2, 0) is 6.42 Å². The molecular formula is C14H11BrFN3OS. The Morgan fingerprint density at radius 3 is 2.81 bits per heavy atom. The molecule has 0 saturated carbocycles. The molecule has 0 atom stereocenters. The van der Waals surface area contributed by atoms with Gasteiger partial charge in [0.05, 0.1) is 10.6 Å². The first-order valence-corrected chi connectivity index (χ1v) is 7.86. The molecule has 0 amide bonds. The minimum atomic E-state index is -0.367. The number of nitrogen functional groups attached to an aromatic ring is 1. The Morgan fingerprint density at radius 2 is 2.14 bits per heavy atom. The van der Waals surface area contributed by atoms with Gasteiger partial charge in [0.25, 0.3) is 5.89 Å². The second-order valence-electron chi connectivity index (χ2n) is 4.43. The monoisotopic (exact) mass is 367 g/mol. The molecule has 4 nitrogen and oxygen atoms in total. The van der Waals surface area contributed by atoms with Gasteiger partial charge in [0.1, 0.15) is 5.82 Å². The summed E-state index contributed by atoms with van der Waals surface area (Å²) in [5.41, 5.74) is 7.24. The molecule has 0 spiro atoms. The lowest BCUT2D eigenvalue weighted by Crippen LogP contribution is -1.85. The maximum Gasteiger partial charge on any atom is 0.261 e. The molecule has 0 unspecified atom stereocenters. The van der Waals surface area contributed by atoms with Crippen molar-refractivity contribution in [2.75, 3.05) is 5.73 Å². The molecule has 0 aliphatic heterocycles. The summed E-state index contributed by atoms with van der Waals surface area (Å²) in [6, 6.07) is 6.40. The SMILES string of the molecule is CCc1cc(-c2nc(-c3cc(F)cc(Br)c3)no2)c(N)s1. The van der Waals surface area contributed by atoms with Gasteiger partial charge >= 0.3 is 0 Å². The quantitative estimate of drug-likeness (QED) is 0.739. The van der Waals surface area contributed by atoms with Crippen molar-refractivity contribution >= 4 is 32.3 Å². The molecule has 1 aromatic carbocycles. The third kappa shape index (κ3) is 2.84. The van der Waals surface area contributed by atoms with Crippen molar-refractivity contribution in [2.24, 2.45) is 0 Å². The summed E-state index contributed by atoms with van der Waals surface area (Å²) in [6.07, 6.45) is 0.896. The zero-order valence-electron chi connectivity index (χ0n) is 11.1. The smallest absolute Gasteiger partial charge is 0.261 e. The van der Waals surface area contributed by atoms with Crippen molar-refractivity contribution in [3.05, 3.63) is 39.4 Å². The van der Waals surface area contributed by atoms with E-state index in [1.54, 1.807) is 6.07 Å². The topological polar surface area (TPSA) is 64.9 Å². The summed E-state index contributed by atoms with van der Waals surface area (Å²) in [5, 5.41) is 4.54. The lowest BCUT2D eigenvalue weighted by Gasteiger charge is -1.96. The molecule has 21 heavy (non-hydrogen) atoms. The van der Waals surface area contributed by atoms with E-state index < -0.39 is 0 Å². The van der Waals surface area contributed by atoms with Gasteiger partial charge in [-0.05, 0) is 30.7 Å². The van der Waals surface area contributed by atoms with E-state index in [4.69, 9.17) is 10.3 Å². The van der Waals surface area contributed by atoms with Gasteiger partial charge in [-0.1, -0.05) is 28.0 Å². The Kier molecular flexibility index (Phi) is 3.77. The predicted molar refractivity (Wildman–Crippen MR) is 84.5 cm³/mol. The van der Waals surface area contributed by atoms with Gasteiger partial charge < -0.3 is 10.3 Å². The maximum absolute atomic E-state index is 13.4. The highest BCUT2D eigenvalue weighted by atomic mass is 79.9. The average molecular weight is 368 g/mol. The van der Waals surface area contributed by atoms with Crippen LogP contribution in [0.15, 0.2) is 33.3 Å². The van der Waals surface area contributed by atoms with Crippen molar-refractivity contribution in [3.63, 3.8) is 0 Å². The second-order valence-corrected chi connectivity index (χ2v) is 6.51. The number of rotatable bonds is 3. The normalized spacial score (nSPS) is 11.0. The van der Waals surface area contributed by atoms with Crippen molar-refractivity contribution in [3.8, 4) is 22.8 Å².